The molecule has 7 nitrogen and oxygen atoms in total. The summed E-state index contributed by atoms with van der Waals surface area (Å²) >= 11 is 0. The summed E-state index contributed by atoms with van der Waals surface area (Å²) in [6.07, 6.45) is 1.61. The molecule has 3 aromatic rings. The molecular weight excluding hydrogens is 424 g/mol. The van der Waals surface area contributed by atoms with Gasteiger partial charge in [-0.05, 0) is 44.0 Å². The van der Waals surface area contributed by atoms with E-state index < -0.39 is 10.0 Å². The summed E-state index contributed by atoms with van der Waals surface area (Å²) in [5.41, 5.74) is 3.78. The second kappa shape index (κ2) is 9.83. The highest BCUT2D eigenvalue weighted by Crippen LogP contribution is 2.23. The van der Waals surface area contributed by atoms with Gasteiger partial charge >= 0.3 is 0 Å². The topological polar surface area (TPSA) is 84.3 Å². The normalized spacial score (nSPS) is 12.9. The van der Waals surface area contributed by atoms with E-state index in [-0.39, 0.29) is 16.8 Å². The number of carbonyl (C=O) groups excluding carboxylic acids is 1. The molecule has 0 unspecified atom stereocenters. The molecule has 8 heteroatoms. The Balaban J connectivity index is 1.76. The van der Waals surface area contributed by atoms with Crippen LogP contribution in [0.15, 0.2) is 47.4 Å². The largest absolute Gasteiger partial charge is 0.349 e. The van der Waals surface area contributed by atoms with Crippen molar-refractivity contribution in [1.82, 2.24) is 19.2 Å². The Kier molecular flexibility index (Phi) is 7.36. The van der Waals surface area contributed by atoms with Crippen LogP contribution in [0.4, 0.5) is 0 Å². The van der Waals surface area contributed by atoms with E-state index >= 15 is 0 Å². The predicted octanol–water partition coefficient (Wildman–Crippen LogP) is 3.82. The Morgan fingerprint density at radius 1 is 1.12 bits per heavy atom. The summed E-state index contributed by atoms with van der Waals surface area (Å²) in [4.78, 5) is 17.5. The summed E-state index contributed by atoms with van der Waals surface area (Å²) < 4.78 is 28.1. The number of carbonyl (C=O) groups is 1. The number of hydrogen-bond donors (Lipinski definition) is 1. The first kappa shape index (κ1) is 23.9. The van der Waals surface area contributed by atoms with E-state index in [1.54, 1.807) is 18.2 Å². The van der Waals surface area contributed by atoms with Crippen LogP contribution in [0.5, 0.6) is 0 Å². The molecule has 2 aromatic carbocycles. The number of sulfonamides is 1. The predicted molar refractivity (Wildman–Crippen MR) is 127 cm³/mol. The minimum Gasteiger partial charge on any atom is -0.349 e. The molecule has 172 valence electrons. The molecule has 0 radical (unpaired) electrons. The number of amides is 1. The number of imidazole rings is 1. The summed E-state index contributed by atoms with van der Waals surface area (Å²) in [5, 5.41) is 3.12. The zero-order valence-corrected chi connectivity index (χ0v) is 20.2. The number of nitrogens with one attached hydrogen (secondary N) is 1. The fourth-order valence-electron chi connectivity index (χ4n) is 3.79. The summed E-state index contributed by atoms with van der Waals surface area (Å²) in [7, 11) is -0.513. The smallest absolute Gasteiger partial charge is 0.242 e. The number of nitrogens with zero attached hydrogens (tertiary/aromatic N) is 3. The van der Waals surface area contributed by atoms with E-state index in [1.165, 1.54) is 24.0 Å². The van der Waals surface area contributed by atoms with Crippen LogP contribution in [0.3, 0.4) is 0 Å². The number of aryl methyl sites for hydroxylation is 3. The SMILES string of the molecule is CC[C@@H](NC(=O)CCc1nc2cc(S(=O)(=O)N(C)C)ccc2n1CC)c1ccc(C)cc1. The van der Waals surface area contributed by atoms with E-state index in [4.69, 9.17) is 0 Å². The molecule has 0 saturated carbocycles. The highest BCUT2D eigenvalue weighted by molar-refractivity contribution is 7.89. The molecule has 1 amide bonds. The molecule has 0 aliphatic carbocycles. The van der Waals surface area contributed by atoms with Gasteiger partial charge in [0.15, 0.2) is 0 Å². The molecule has 0 aliphatic rings. The monoisotopic (exact) mass is 456 g/mol. The Labute approximate surface area is 190 Å². The number of aromatic nitrogens is 2. The first-order valence-corrected chi connectivity index (χ1v) is 12.4. The van der Waals surface area contributed by atoms with Crippen LogP contribution in [0, 0.1) is 6.92 Å². The van der Waals surface area contributed by atoms with E-state index in [1.807, 2.05) is 18.4 Å². The average Bonchev–Trinajstić information content (AvgIpc) is 3.13. The second-order valence-corrected chi connectivity index (χ2v) is 10.3. The number of fused-ring (bicyclic) bond motifs is 1. The molecule has 0 bridgehead atoms. The maximum atomic E-state index is 12.7. The maximum absolute atomic E-state index is 12.7. The van der Waals surface area contributed by atoms with Gasteiger partial charge in [-0.15, -0.1) is 0 Å². The van der Waals surface area contributed by atoms with Gasteiger partial charge in [0.1, 0.15) is 5.82 Å². The third kappa shape index (κ3) is 5.02. The minimum absolute atomic E-state index is 0.0214. The second-order valence-electron chi connectivity index (χ2n) is 8.15. The molecule has 0 aliphatic heterocycles. The Hall–Kier alpha value is -2.71. The molecule has 1 heterocycles. The maximum Gasteiger partial charge on any atom is 0.242 e. The van der Waals surface area contributed by atoms with Crippen molar-refractivity contribution in [3.8, 4) is 0 Å². The van der Waals surface area contributed by atoms with Crippen molar-refractivity contribution in [3.05, 3.63) is 59.4 Å². The number of benzene rings is 2. The van der Waals surface area contributed by atoms with Crippen LogP contribution < -0.4 is 5.32 Å². The standard InChI is InChI=1S/C24H32N4O3S/c1-6-20(18-10-8-17(3)9-11-18)26-24(29)15-14-23-25-21-16-19(32(30,31)27(4)5)12-13-22(21)28(23)7-2/h8-13,16,20H,6-7,14-15H2,1-5H3,(H,26,29)/t20-/m1/s1. The first-order chi connectivity index (χ1) is 15.2. The Morgan fingerprint density at radius 3 is 2.41 bits per heavy atom. The first-order valence-electron chi connectivity index (χ1n) is 10.9. The molecule has 0 spiro atoms. The Bertz CT molecular complexity index is 1200. The zero-order valence-electron chi connectivity index (χ0n) is 19.4. The lowest BCUT2D eigenvalue weighted by atomic mass is 10.0. The van der Waals surface area contributed by atoms with Crippen molar-refractivity contribution in [2.75, 3.05) is 14.1 Å². The summed E-state index contributed by atoms with van der Waals surface area (Å²) in [6, 6.07) is 13.2. The van der Waals surface area contributed by atoms with Crippen LogP contribution in [0.1, 0.15) is 49.7 Å². The van der Waals surface area contributed by atoms with Crippen LogP contribution >= 0.6 is 0 Å². The fourth-order valence-corrected chi connectivity index (χ4v) is 4.71. The highest BCUT2D eigenvalue weighted by atomic mass is 32.2. The Morgan fingerprint density at radius 2 is 1.81 bits per heavy atom. The van der Waals surface area contributed by atoms with E-state index in [2.05, 4.69) is 41.5 Å². The summed E-state index contributed by atoms with van der Waals surface area (Å²) in [5.74, 6) is 0.753. The van der Waals surface area contributed by atoms with Crippen LogP contribution in [-0.2, 0) is 27.8 Å². The molecule has 32 heavy (non-hydrogen) atoms. The molecule has 1 N–H and O–H groups in total. The highest BCUT2D eigenvalue weighted by Gasteiger charge is 2.20. The lowest BCUT2D eigenvalue weighted by Crippen LogP contribution is -2.28. The third-order valence-corrected chi connectivity index (χ3v) is 7.50. The number of rotatable bonds is 9. The minimum atomic E-state index is -3.53. The van der Waals surface area contributed by atoms with Crippen molar-refractivity contribution in [3.63, 3.8) is 0 Å². The molecule has 0 fully saturated rings. The van der Waals surface area contributed by atoms with Crippen molar-refractivity contribution < 1.29 is 13.2 Å². The molecule has 0 saturated heterocycles. The van der Waals surface area contributed by atoms with Crippen LogP contribution in [0.25, 0.3) is 11.0 Å². The van der Waals surface area contributed by atoms with Crippen molar-refractivity contribution in [2.24, 2.45) is 0 Å². The molecule has 1 aromatic heterocycles. The van der Waals surface area contributed by atoms with Crippen molar-refractivity contribution >= 4 is 27.0 Å². The number of hydrogen-bond acceptors (Lipinski definition) is 4. The molecule has 3 rings (SSSR count). The quantitative estimate of drug-likeness (QED) is 0.531. The molecule has 1 atom stereocenters. The van der Waals surface area contributed by atoms with Gasteiger partial charge < -0.3 is 9.88 Å². The summed E-state index contributed by atoms with van der Waals surface area (Å²) in [6.45, 7) is 6.80. The van der Waals surface area contributed by atoms with Gasteiger partial charge in [-0.3, -0.25) is 4.79 Å². The van der Waals surface area contributed by atoms with Gasteiger partial charge in [0.25, 0.3) is 0 Å². The van der Waals surface area contributed by atoms with Gasteiger partial charge in [-0.1, -0.05) is 36.8 Å². The van der Waals surface area contributed by atoms with Gasteiger partial charge in [-0.2, -0.15) is 0 Å². The zero-order chi connectivity index (χ0) is 23.5. The van der Waals surface area contributed by atoms with Gasteiger partial charge in [0.2, 0.25) is 15.9 Å². The van der Waals surface area contributed by atoms with Crippen LogP contribution in [-0.4, -0.2) is 42.3 Å². The average molecular weight is 457 g/mol. The van der Waals surface area contributed by atoms with Crippen molar-refractivity contribution in [2.45, 2.75) is 57.5 Å². The van der Waals surface area contributed by atoms with E-state index in [0.717, 1.165) is 23.3 Å². The van der Waals surface area contributed by atoms with Gasteiger partial charge in [0.05, 0.1) is 22.0 Å². The van der Waals surface area contributed by atoms with E-state index in [9.17, 15) is 13.2 Å². The van der Waals surface area contributed by atoms with Crippen LogP contribution in [0.2, 0.25) is 0 Å². The van der Waals surface area contributed by atoms with Crippen molar-refractivity contribution in [1.29, 1.82) is 0 Å². The van der Waals surface area contributed by atoms with Gasteiger partial charge in [0, 0.05) is 33.5 Å². The lowest BCUT2D eigenvalue weighted by molar-refractivity contribution is -0.121. The lowest BCUT2D eigenvalue weighted by Gasteiger charge is -2.18. The fraction of sp³-hybridized carbons (Fsp3) is 0.417. The van der Waals surface area contributed by atoms with E-state index in [0.29, 0.717) is 24.9 Å². The molecular formula is C24H32N4O3S. The van der Waals surface area contributed by atoms with Gasteiger partial charge in [-0.25, -0.2) is 17.7 Å². The third-order valence-electron chi connectivity index (χ3n) is 5.69.